The van der Waals surface area contributed by atoms with Crippen LogP contribution in [0.2, 0.25) is 0 Å². The van der Waals surface area contributed by atoms with Crippen LogP contribution in [0, 0.1) is 0 Å². The van der Waals surface area contributed by atoms with Crippen molar-refractivity contribution < 1.29 is 23.9 Å². The minimum Gasteiger partial charge on any atom is -0.480 e. The van der Waals surface area contributed by atoms with Gasteiger partial charge in [-0.15, -0.1) is 0 Å². The smallest absolute Gasteiger partial charge is 0.326 e. The van der Waals surface area contributed by atoms with Crippen LogP contribution in [0.3, 0.4) is 0 Å². The van der Waals surface area contributed by atoms with E-state index < -0.39 is 23.8 Å². The molecule has 1 atom stereocenters. The summed E-state index contributed by atoms with van der Waals surface area (Å²) in [6.07, 6.45) is 4.92. The van der Waals surface area contributed by atoms with Gasteiger partial charge in [0.1, 0.15) is 11.7 Å². The summed E-state index contributed by atoms with van der Waals surface area (Å²) < 4.78 is 5.84. The number of nitrogens with one attached hydrogen (secondary N) is 2. The molecule has 0 aliphatic heterocycles. The molecule has 28 heavy (non-hydrogen) atoms. The highest BCUT2D eigenvalue weighted by Crippen LogP contribution is 2.15. The number of furan rings is 1. The number of amides is 2. The zero-order chi connectivity index (χ0) is 20.5. The van der Waals surface area contributed by atoms with Crippen molar-refractivity contribution in [2.45, 2.75) is 12.5 Å². The Labute approximate surface area is 174 Å². The van der Waals surface area contributed by atoms with Crippen molar-refractivity contribution in [3.8, 4) is 0 Å². The number of benzene rings is 1. The molecule has 1 aromatic carbocycles. The minimum absolute atomic E-state index is 0.0325. The highest BCUT2D eigenvalue weighted by molar-refractivity contribution is 9.10. The van der Waals surface area contributed by atoms with Crippen LogP contribution in [-0.4, -0.2) is 40.9 Å². The molecule has 0 bridgehead atoms. The number of hydrogen-bond acceptors (Lipinski definition) is 5. The van der Waals surface area contributed by atoms with Crippen molar-refractivity contribution in [3.63, 3.8) is 0 Å². The number of aliphatic carboxylic acids is 1. The van der Waals surface area contributed by atoms with E-state index in [4.69, 9.17) is 4.42 Å². The summed E-state index contributed by atoms with van der Waals surface area (Å²) in [5.41, 5.74) is 0.560. The Morgan fingerprint density at radius 3 is 2.68 bits per heavy atom. The number of carboxylic acid groups (broad SMARTS) is 1. The van der Waals surface area contributed by atoms with Crippen LogP contribution in [0.5, 0.6) is 0 Å². The molecule has 3 N–H and O–H groups in total. The molecule has 0 spiro atoms. The molecule has 1 aromatic heterocycles. The van der Waals surface area contributed by atoms with Gasteiger partial charge in [-0.25, -0.2) is 4.79 Å². The van der Waals surface area contributed by atoms with E-state index in [1.807, 2.05) is 12.3 Å². The normalized spacial score (nSPS) is 12.3. The predicted molar refractivity (Wildman–Crippen MR) is 111 cm³/mol. The highest BCUT2D eigenvalue weighted by atomic mass is 79.9. The number of hydrogen-bond donors (Lipinski definition) is 3. The Morgan fingerprint density at radius 1 is 1.29 bits per heavy atom. The van der Waals surface area contributed by atoms with E-state index in [0.717, 1.165) is 4.47 Å². The molecule has 0 saturated heterocycles. The second-order valence-corrected chi connectivity index (χ2v) is 7.59. The first-order valence-electron chi connectivity index (χ1n) is 8.25. The number of carboxylic acids is 1. The first-order valence-corrected chi connectivity index (χ1v) is 10.4. The average molecular weight is 467 g/mol. The fourth-order valence-electron chi connectivity index (χ4n) is 2.24. The van der Waals surface area contributed by atoms with Crippen molar-refractivity contribution in [1.29, 1.82) is 0 Å². The Bertz CT molecular complexity index is 867. The van der Waals surface area contributed by atoms with Crippen molar-refractivity contribution in [2.75, 3.05) is 12.0 Å². The van der Waals surface area contributed by atoms with Crippen molar-refractivity contribution in [3.05, 3.63) is 64.2 Å². The van der Waals surface area contributed by atoms with Crippen LogP contribution in [0.1, 0.15) is 22.5 Å². The minimum atomic E-state index is -1.14. The molecule has 0 aliphatic rings. The largest absolute Gasteiger partial charge is 0.480 e. The lowest BCUT2D eigenvalue weighted by molar-refractivity contribution is -0.141. The van der Waals surface area contributed by atoms with Gasteiger partial charge in [0.2, 0.25) is 0 Å². The van der Waals surface area contributed by atoms with E-state index >= 15 is 0 Å². The lowest BCUT2D eigenvalue weighted by Crippen LogP contribution is -2.44. The summed E-state index contributed by atoms with van der Waals surface area (Å²) in [5.74, 6) is -1.85. The van der Waals surface area contributed by atoms with Crippen molar-refractivity contribution in [1.82, 2.24) is 10.6 Å². The summed E-state index contributed by atoms with van der Waals surface area (Å²) in [4.78, 5) is 36.4. The van der Waals surface area contributed by atoms with Gasteiger partial charge in [0.05, 0.1) is 6.26 Å². The van der Waals surface area contributed by atoms with Gasteiger partial charge in [0.25, 0.3) is 11.8 Å². The molecule has 0 saturated carbocycles. The summed E-state index contributed by atoms with van der Waals surface area (Å²) in [6.45, 7) is 0. The third kappa shape index (κ3) is 6.58. The van der Waals surface area contributed by atoms with Gasteiger partial charge < -0.3 is 20.2 Å². The van der Waals surface area contributed by atoms with Crippen molar-refractivity contribution >= 4 is 51.6 Å². The van der Waals surface area contributed by atoms with Crippen LogP contribution in [-0.2, 0) is 9.59 Å². The Kier molecular flexibility index (Phi) is 8.34. The summed E-state index contributed by atoms with van der Waals surface area (Å²) in [5, 5.41) is 14.3. The van der Waals surface area contributed by atoms with Crippen molar-refractivity contribution in [2.24, 2.45) is 0 Å². The number of halogens is 1. The van der Waals surface area contributed by atoms with Gasteiger partial charge in [0.15, 0.2) is 5.76 Å². The number of carbonyl (C=O) groups is 3. The van der Waals surface area contributed by atoms with E-state index in [-0.39, 0.29) is 17.9 Å². The van der Waals surface area contributed by atoms with E-state index in [0.29, 0.717) is 11.3 Å². The molecule has 0 fully saturated rings. The van der Waals surface area contributed by atoms with Crippen LogP contribution in [0.4, 0.5) is 0 Å². The molecular formula is C19H19BrN2O5S. The second kappa shape index (κ2) is 10.7. The molecular weight excluding hydrogens is 448 g/mol. The molecule has 0 aliphatic carbocycles. The first kappa shape index (κ1) is 21.8. The van der Waals surface area contributed by atoms with E-state index in [1.165, 1.54) is 30.2 Å². The van der Waals surface area contributed by atoms with Crippen LogP contribution in [0.15, 0.2) is 57.2 Å². The zero-order valence-corrected chi connectivity index (χ0v) is 17.4. The lowest BCUT2D eigenvalue weighted by Gasteiger charge is -2.16. The average Bonchev–Trinajstić information content (AvgIpc) is 3.19. The maximum atomic E-state index is 12.7. The SMILES string of the molecule is CSCC[C@H](NC(=O)/C(=C\c1cccc(Br)c1)NC(=O)c1ccco1)C(=O)O. The van der Waals surface area contributed by atoms with Gasteiger partial charge in [-0.2, -0.15) is 11.8 Å². The maximum Gasteiger partial charge on any atom is 0.326 e. The molecule has 7 nitrogen and oxygen atoms in total. The van der Waals surface area contributed by atoms with Gasteiger partial charge in [-0.05, 0) is 54.3 Å². The molecule has 0 unspecified atom stereocenters. The van der Waals surface area contributed by atoms with E-state index in [2.05, 4.69) is 26.6 Å². The predicted octanol–water partition coefficient (Wildman–Crippen LogP) is 3.14. The summed E-state index contributed by atoms with van der Waals surface area (Å²) >= 11 is 4.83. The van der Waals surface area contributed by atoms with Crippen LogP contribution in [0.25, 0.3) is 6.08 Å². The topological polar surface area (TPSA) is 109 Å². The Hall–Kier alpha value is -2.52. The Balaban J connectivity index is 2.27. The third-order valence-electron chi connectivity index (χ3n) is 3.61. The summed E-state index contributed by atoms with van der Waals surface area (Å²) in [7, 11) is 0. The fourth-order valence-corrected chi connectivity index (χ4v) is 3.13. The monoisotopic (exact) mass is 466 g/mol. The molecule has 2 amide bonds. The molecule has 9 heteroatoms. The number of carbonyl (C=O) groups excluding carboxylic acids is 2. The van der Waals surface area contributed by atoms with E-state index in [9.17, 15) is 19.5 Å². The van der Waals surface area contributed by atoms with Crippen LogP contribution < -0.4 is 10.6 Å². The van der Waals surface area contributed by atoms with Gasteiger partial charge in [0, 0.05) is 4.47 Å². The highest BCUT2D eigenvalue weighted by Gasteiger charge is 2.23. The standard InChI is InChI=1S/C19H19BrN2O5S/c1-28-9-7-14(19(25)26)21-17(23)15(11-12-4-2-5-13(20)10-12)22-18(24)16-6-3-8-27-16/h2-6,8,10-11,14H,7,9H2,1H3,(H,21,23)(H,22,24)(H,25,26)/b15-11+/t14-/m0/s1. The maximum absolute atomic E-state index is 12.7. The zero-order valence-electron chi connectivity index (χ0n) is 15.0. The van der Waals surface area contributed by atoms with Gasteiger partial charge >= 0.3 is 5.97 Å². The molecule has 0 radical (unpaired) electrons. The molecule has 2 aromatic rings. The first-order chi connectivity index (χ1) is 13.4. The second-order valence-electron chi connectivity index (χ2n) is 5.69. The number of rotatable bonds is 9. The van der Waals surface area contributed by atoms with E-state index in [1.54, 1.807) is 24.3 Å². The molecule has 148 valence electrons. The Morgan fingerprint density at radius 2 is 2.07 bits per heavy atom. The number of thioether (sulfide) groups is 1. The lowest BCUT2D eigenvalue weighted by atomic mass is 10.1. The van der Waals surface area contributed by atoms with Gasteiger partial charge in [-0.1, -0.05) is 28.1 Å². The third-order valence-corrected chi connectivity index (χ3v) is 4.75. The fraction of sp³-hybridized carbons (Fsp3) is 0.211. The van der Waals surface area contributed by atoms with Crippen LogP contribution >= 0.6 is 27.7 Å². The quantitative estimate of drug-likeness (QED) is 0.489. The summed E-state index contributed by atoms with van der Waals surface area (Å²) in [6, 6.07) is 9.05. The molecule has 1 heterocycles. The molecule has 2 rings (SSSR count). The van der Waals surface area contributed by atoms with Gasteiger partial charge in [-0.3, -0.25) is 9.59 Å².